The van der Waals surface area contributed by atoms with Crippen molar-refractivity contribution in [2.75, 3.05) is 6.54 Å². The van der Waals surface area contributed by atoms with Crippen molar-refractivity contribution in [3.05, 3.63) is 40.2 Å². The van der Waals surface area contributed by atoms with E-state index in [0.29, 0.717) is 17.7 Å². The van der Waals surface area contributed by atoms with Crippen molar-refractivity contribution in [2.24, 2.45) is 5.92 Å². The Morgan fingerprint density at radius 2 is 2.00 bits per heavy atom. The number of rotatable bonds is 4. The Hall–Kier alpha value is -2.63. The van der Waals surface area contributed by atoms with Crippen LogP contribution in [0.3, 0.4) is 0 Å². The van der Waals surface area contributed by atoms with Gasteiger partial charge < -0.3 is 14.5 Å². The summed E-state index contributed by atoms with van der Waals surface area (Å²) in [5, 5.41) is 3.12. The molecule has 1 aromatic heterocycles. The van der Waals surface area contributed by atoms with Crippen LogP contribution < -0.4 is 15.7 Å². The van der Waals surface area contributed by atoms with Crippen LogP contribution in [-0.2, 0) is 4.79 Å². The van der Waals surface area contributed by atoms with Gasteiger partial charge in [-0.2, -0.15) is 0 Å². The predicted octanol–water partition coefficient (Wildman–Crippen LogP) is 2.10. The van der Waals surface area contributed by atoms with Crippen LogP contribution in [-0.4, -0.2) is 18.4 Å². The Labute approximate surface area is 127 Å². The lowest BCUT2D eigenvalue weighted by atomic mass is 10.1. The third-order valence-electron chi connectivity index (χ3n) is 2.98. The van der Waals surface area contributed by atoms with E-state index >= 15 is 0 Å². The van der Waals surface area contributed by atoms with Gasteiger partial charge in [-0.1, -0.05) is 13.8 Å². The predicted molar refractivity (Wildman–Crippen MR) is 81.0 cm³/mol. The van der Waals surface area contributed by atoms with Gasteiger partial charge in [0.1, 0.15) is 16.9 Å². The number of carbonyl (C=O) groups is 2. The van der Waals surface area contributed by atoms with Crippen molar-refractivity contribution in [1.82, 2.24) is 5.32 Å². The van der Waals surface area contributed by atoms with Gasteiger partial charge in [0.15, 0.2) is 0 Å². The molecule has 2 rings (SSSR count). The second kappa shape index (κ2) is 6.43. The van der Waals surface area contributed by atoms with Gasteiger partial charge in [-0.25, -0.2) is 4.79 Å². The lowest BCUT2D eigenvalue weighted by Gasteiger charge is -2.07. The highest BCUT2D eigenvalue weighted by Crippen LogP contribution is 2.21. The van der Waals surface area contributed by atoms with Gasteiger partial charge in [0.2, 0.25) is 0 Å². The minimum atomic E-state index is -0.731. The number of hydrogen-bond donors (Lipinski definition) is 1. The summed E-state index contributed by atoms with van der Waals surface area (Å²) in [4.78, 5) is 35.2. The van der Waals surface area contributed by atoms with Crippen LogP contribution in [0, 0.1) is 5.92 Å². The van der Waals surface area contributed by atoms with Gasteiger partial charge in [0.05, 0.1) is 5.92 Å². The zero-order valence-electron chi connectivity index (χ0n) is 12.6. The third-order valence-corrected chi connectivity index (χ3v) is 2.98. The van der Waals surface area contributed by atoms with Crippen molar-refractivity contribution < 1.29 is 18.7 Å². The first-order valence-electron chi connectivity index (χ1n) is 7.00. The Kier molecular flexibility index (Phi) is 4.60. The summed E-state index contributed by atoms with van der Waals surface area (Å²) < 4.78 is 10.3. The second-order valence-electron chi connectivity index (χ2n) is 5.08. The molecule has 1 aromatic carbocycles. The fraction of sp³-hybridized carbons (Fsp3) is 0.312. The molecule has 0 aliphatic carbocycles. The van der Waals surface area contributed by atoms with Gasteiger partial charge in [0.25, 0.3) is 5.91 Å². The highest BCUT2D eigenvalue weighted by atomic mass is 16.5. The molecule has 0 saturated heterocycles. The molecule has 22 heavy (non-hydrogen) atoms. The lowest BCUT2D eigenvalue weighted by molar-refractivity contribution is -0.137. The number of hydrogen-bond acceptors (Lipinski definition) is 5. The van der Waals surface area contributed by atoms with Crippen molar-refractivity contribution in [1.29, 1.82) is 0 Å². The number of ether oxygens (including phenoxy) is 1. The zero-order valence-corrected chi connectivity index (χ0v) is 12.6. The van der Waals surface area contributed by atoms with Gasteiger partial charge in [-0.3, -0.25) is 9.59 Å². The van der Waals surface area contributed by atoms with E-state index in [1.165, 1.54) is 12.1 Å². The zero-order chi connectivity index (χ0) is 16.3. The molecule has 1 heterocycles. The molecule has 0 fully saturated rings. The van der Waals surface area contributed by atoms with E-state index in [2.05, 4.69) is 5.32 Å². The van der Waals surface area contributed by atoms with Crippen LogP contribution in [0.1, 0.15) is 31.1 Å². The van der Waals surface area contributed by atoms with Crippen molar-refractivity contribution in [3.8, 4) is 5.75 Å². The second-order valence-corrected chi connectivity index (χ2v) is 5.08. The summed E-state index contributed by atoms with van der Waals surface area (Å²) in [5.74, 6) is -0.822. The Morgan fingerprint density at radius 1 is 1.27 bits per heavy atom. The van der Waals surface area contributed by atoms with Crippen molar-refractivity contribution >= 4 is 22.8 Å². The van der Waals surface area contributed by atoms with Crippen LogP contribution in [0.15, 0.2) is 33.5 Å². The number of benzene rings is 1. The van der Waals surface area contributed by atoms with Gasteiger partial charge >= 0.3 is 11.6 Å². The molecule has 0 atom stereocenters. The van der Waals surface area contributed by atoms with Crippen LogP contribution in [0.2, 0.25) is 0 Å². The van der Waals surface area contributed by atoms with Gasteiger partial charge in [0, 0.05) is 18.0 Å². The minimum Gasteiger partial charge on any atom is -0.426 e. The Balaban J connectivity index is 2.39. The molecule has 0 aliphatic heterocycles. The van der Waals surface area contributed by atoms with E-state index in [9.17, 15) is 14.4 Å². The number of carbonyl (C=O) groups excluding carboxylic acids is 2. The number of nitrogens with one attached hydrogen (secondary N) is 1. The maximum absolute atomic E-state index is 11.9. The lowest BCUT2D eigenvalue weighted by Crippen LogP contribution is -2.27. The molecule has 0 aliphatic rings. The smallest absolute Gasteiger partial charge is 0.349 e. The molecule has 0 radical (unpaired) electrons. The third kappa shape index (κ3) is 3.33. The molecule has 0 saturated carbocycles. The summed E-state index contributed by atoms with van der Waals surface area (Å²) in [7, 11) is 0. The standard InChI is InChI=1S/C16H17NO5/c1-4-17-14(18)12-7-10-5-6-11(21-15(19)9(2)3)8-13(10)22-16(12)20/h5-9H,4H2,1-3H3,(H,17,18). The van der Waals surface area contributed by atoms with E-state index in [-0.39, 0.29) is 23.0 Å². The van der Waals surface area contributed by atoms with Crippen LogP contribution in [0.4, 0.5) is 0 Å². The highest BCUT2D eigenvalue weighted by Gasteiger charge is 2.14. The Morgan fingerprint density at radius 3 is 2.64 bits per heavy atom. The molecule has 2 aromatic rings. The van der Waals surface area contributed by atoms with Crippen molar-refractivity contribution in [2.45, 2.75) is 20.8 Å². The molecule has 0 spiro atoms. The molecular formula is C16H17NO5. The quantitative estimate of drug-likeness (QED) is 0.531. The SMILES string of the molecule is CCNC(=O)c1cc2ccc(OC(=O)C(C)C)cc2oc1=O. The molecule has 1 amide bonds. The molecule has 1 N–H and O–H groups in total. The monoisotopic (exact) mass is 303 g/mol. The molecule has 0 bridgehead atoms. The summed E-state index contributed by atoms with van der Waals surface area (Å²) in [6, 6.07) is 6.13. The van der Waals surface area contributed by atoms with E-state index in [1.54, 1.807) is 32.9 Å². The summed E-state index contributed by atoms with van der Waals surface area (Å²) in [6.45, 7) is 5.63. The fourth-order valence-corrected chi connectivity index (χ4v) is 1.80. The highest BCUT2D eigenvalue weighted by molar-refractivity contribution is 5.96. The minimum absolute atomic E-state index is 0.0544. The summed E-state index contributed by atoms with van der Waals surface area (Å²) in [6.07, 6.45) is 0. The van der Waals surface area contributed by atoms with E-state index in [1.807, 2.05) is 0 Å². The van der Waals surface area contributed by atoms with Crippen molar-refractivity contribution in [3.63, 3.8) is 0 Å². The van der Waals surface area contributed by atoms with E-state index < -0.39 is 11.5 Å². The maximum atomic E-state index is 11.9. The number of esters is 1. The van der Waals surface area contributed by atoms with Gasteiger partial charge in [-0.05, 0) is 25.1 Å². The van der Waals surface area contributed by atoms with Crippen LogP contribution in [0.5, 0.6) is 5.75 Å². The van der Waals surface area contributed by atoms with E-state index in [4.69, 9.17) is 9.15 Å². The molecule has 6 nitrogen and oxygen atoms in total. The van der Waals surface area contributed by atoms with Gasteiger partial charge in [-0.15, -0.1) is 0 Å². The molecule has 6 heteroatoms. The Bertz CT molecular complexity index is 776. The average Bonchev–Trinajstić information content (AvgIpc) is 2.46. The topological polar surface area (TPSA) is 85.6 Å². The average molecular weight is 303 g/mol. The normalized spacial score (nSPS) is 10.7. The first-order valence-corrected chi connectivity index (χ1v) is 7.00. The van der Waals surface area contributed by atoms with Crippen LogP contribution in [0.25, 0.3) is 11.0 Å². The fourth-order valence-electron chi connectivity index (χ4n) is 1.80. The largest absolute Gasteiger partial charge is 0.426 e. The number of amides is 1. The summed E-state index contributed by atoms with van der Waals surface area (Å²) >= 11 is 0. The first-order chi connectivity index (χ1) is 10.4. The molecule has 116 valence electrons. The van der Waals surface area contributed by atoms with Crippen LogP contribution >= 0.6 is 0 Å². The summed E-state index contributed by atoms with van der Waals surface area (Å²) in [5.41, 5.74) is -0.529. The number of fused-ring (bicyclic) bond motifs is 1. The molecule has 0 unspecified atom stereocenters. The first kappa shape index (κ1) is 15.8. The van der Waals surface area contributed by atoms with E-state index in [0.717, 1.165) is 0 Å². The maximum Gasteiger partial charge on any atom is 0.349 e. The molecular weight excluding hydrogens is 286 g/mol.